The van der Waals surface area contributed by atoms with Crippen molar-refractivity contribution in [2.75, 3.05) is 19.8 Å². The first kappa shape index (κ1) is 83.0. The van der Waals surface area contributed by atoms with Gasteiger partial charge in [0.05, 0.1) is 43.2 Å². The van der Waals surface area contributed by atoms with Gasteiger partial charge in [0.15, 0.2) is 36.2 Å². The molecule has 7 aromatic carbocycles. The van der Waals surface area contributed by atoms with Crippen LogP contribution in [0.25, 0.3) is 6.08 Å². The topological polar surface area (TPSA) is 64.6 Å². The number of hydrogen-bond donors (Lipinski definition) is 0. The van der Waals surface area contributed by atoms with Crippen LogP contribution in [0.3, 0.4) is 0 Å². The van der Waals surface area contributed by atoms with Crippen LogP contribution in [0.15, 0.2) is 294 Å². The highest BCUT2D eigenvalue weighted by Gasteiger charge is 2.25. The molecule has 0 aliphatic heterocycles. The molecule has 0 aliphatic rings. The smallest absolute Gasteiger partial charge is 0.241 e. The van der Waals surface area contributed by atoms with Gasteiger partial charge < -0.3 is 31.0 Å². The Morgan fingerprint density at radius 2 is 0.637 bits per heavy atom. The Bertz CT molecular complexity index is 2840. The molecule has 0 spiro atoms. The second-order valence-corrected chi connectivity index (χ2v) is 39.9. The van der Waals surface area contributed by atoms with Gasteiger partial charge in [0.25, 0.3) is 0 Å². The number of benzene rings is 7. The lowest BCUT2D eigenvalue weighted by molar-refractivity contribution is 0.164. The molecule has 2 unspecified atom stereocenters. The van der Waals surface area contributed by atoms with E-state index in [1.807, 2.05) is 113 Å². The molecule has 0 heterocycles. The standard InChI is InChI=1S/C17H20OSi.C16H18OSi.C15H16OSi.C11H16OSi.C7H16OSi.C6H14OSi.C5H12OSi/c1-4-17(2,3)18-19(15-11-7-5-8-12-15)16-13-9-6-10-14-16;1-3-14(2)17-18(15-10-6-4-7-11-15)16-12-8-5-9-13-16;1-2-13-16-17(14-9-5-3-6-10-14)15-11-7-4-8-12-15;1-13(2)12-10-6-9-11-7-4-3-5-8-11;1-6-7(2,3)8-9(4)5;1-5-6(2)7-8(3)4;1-4-5-6-7(2)3/h4-14,19H,1H2,2-3H3;3-14,18H,1H2,2H3;2-12,17H,1,13H2;3-9,13H,10H2,1-2H3;6,9H,1H2,2-5H3;5-6,8H,1H2,2-4H3;4,7H,1,5H2,2-3H3/b;;;9-6+;;;. The highest BCUT2D eigenvalue weighted by Crippen LogP contribution is 2.13. The molecular weight excluding hydrogens is 1230 g/mol. The lowest BCUT2D eigenvalue weighted by Crippen LogP contribution is -2.49. The van der Waals surface area contributed by atoms with E-state index in [0.717, 1.165) is 13.2 Å². The van der Waals surface area contributed by atoms with E-state index < -0.39 is 63.3 Å². The molecule has 2 atom stereocenters. The van der Waals surface area contributed by atoms with Crippen molar-refractivity contribution in [3.8, 4) is 0 Å². The monoisotopic (exact) mass is 1340 g/mol. The van der Waals surface area contributed by atoms with Gasteiger partial charge in [-0.05, 0) is 131 Å². The van der Waals surface area contributed by atoms with Crippen LogP contribution in [0.2, 0.25) is 52.4 Å². The Balaban J connectivity index is 0.000000547. The van der Waals surface area contributed by atoms with Gasteiger partial charge in [-0.3, -0.25) is 0 Å². The van der Waals surface area contributed by atoms with Gasteiger partial charge in [0.1, 0.15) is 0 Å². The van der Waals surface area contributed by atoms with Gasteiger partial charge in [-0.2, -0.15) is 0 Å². The summed E-state index contributed by atoms with van der Waals surface area (Å²) in [5.74, 6) is 0. The molecule has 14 heteroatoms. The Hall–Kier alpha value is -6.04. The average molecular weight is 1350 g/mol. The zero-order valence-electron chi connectivity index (χ0n) is 57.7. The second kappa shape index (κ2) is 50.5. The first-order chi connectivity index (χ1) is 43.5. The molecule has 91 heavy (non-hydrogen) atoms. The molecule has 7 nitrogen and oxygen atoms in total. The minimum Gasteiger partial charge on any atom is -0.417 e. The fraction of sp³-hybridized carbons (Fsp3) is 0.273. The van der Waals surface area contributed by atoms with E-state index in [4.69, 9.17) is 31.0 Å². The van der Waals surface area contributed by atoms with Crippen molar-refractivity contribution in [1.29, 1.82) is 0 Å². The first-order valence-electron chi connectivity index (χ1n) is 31.8. The summed E-state index contributed by atoms with van der Waals surface area (Å²) in [5, 5.41) is 7.81. The summed E-state index contributed by atoms with van der Waals surface area (Å²) in [6.07, 6.45) is 15.5. The minimum atomic E-state index is -1.66. The van der Waals surface area contributed by atoms with Gasteiger partial charge in [-0.1, -0.05) is 261 Å². The average Bonchev–Trinajstić information content (AvgIpc) is 3.75. The predicted molar refractivity (Wildman–Crippen MR) is 419 cm³/mol. The summed E-state index contributed by atoms with van der Waals surface area (Å²) < 4.78 is 40.3. The van der Waals surface area contributed by atoms with Crippen LogP contribution in [0.1, 0.15) is 47.1 Å². The van der Waals surface area contributed by atoms with Crippen molar-refractivity contribution in [2.45, 2.75) is 117 Å². The van der Waals surface area contributed by atoms with Crippen molar-refractivity contribution < 1.29 is 31.0 Å². The van der Waals surface area contributed by atoms with E-state index in [2.05, 4.69) is 276 Å². The molecule has 490 valence electrons. The fourth-order valence-corrected chi connectivity index (χ4v) is 18.4. The van der Waals surface area contributed by atoms with Crippen molar-refractivity contribution in [3.05, 3.63) is 300 Å². The maximum absolute atomic E-state index is 6.38. The minimum absolute atomic E-state index is 0.0853. The van der Waals surface area contributed by atoms with E-state index in [1.165, 1.54) is 36.7 Å². The number of rotatable bonds is 28. The summed E-state index contributed by atoms with van der Waals surface area (Å²) in [5.41, 5.74) is 0.819. The summed E-state index contributed by atoms with van der Waals surface area (Å²) in [7, 11) is -8.11. The molecule has 0 radical (unpaired) electrons. The summed E-state index contributed by atoms with van der Waals surface area (Å²) in [6.45, 7) is 53.8. The molecule has 7 aromatic rings. The maximum Gasteiger partial charge on any atom is 0.241 e. The third-order valence-electron chi connectivity index (χ3n) is 12.6. The zero-order valence-corrected chi connectivity index (χ0v) is 65.8. The Morgan fingerprint density at radius 3 is 0.912 bits per heavy atom. The van der Waals surface area contributed by atoms with Gasteiger partial charge in [-0.25, -0.2) is 0 Å². The van der Waals surface area contributed by atoms with Gasteiger partial charge >= 0.3 is 0 Å². The fourth-order valence-electron chi connectivity index (χ4n) is 8.01. The van der Waals surface area contributed by atoms with E-state index in [9.17, 15) is 0 Å². The molecule has 0 aliphatic carbocycles. The molecule has 7 rings (SSSR count). The molecule has 0 N–H and O–H groups in total. The molecule has 0 fully saturated rings. The summed E-state index contributed by atoms with van der Waals surface area (Å²) in [4.78, 5) is 0. The SMILES string of the molecule is C=CC(C)(C)O[SiH](C)C.C=CC(C)(C)O[SiH](c1ccccc1)c1ccccc1.C=CC(C)O[SiH](C)C.C=CC(C)O[SiH](c1ccccc1)c1ccccc1.C=CCO[SiH](C)C.C=CCO[SiH](c1ccccc1)c1ccccc1.C[SiH](C)OC/C=C/c1ccccc1. The molecule has 0 amide bonds. The summed E-state index contributed by atoms with van der Waals surface area (Å²) >= 11 is 0. The Morgan fingerprint density at radius 1 is 0.341 bits per heavy atom. The van der Waals surface area contributed by atoms with Crippen molar-refractivity contribution in [2.24, 2.45) is 0 Å². The van der Waals surface area contributed by atoms with E-state index in [1.54, 1.807) is 6.08 Å². The zero-order chi connectivity index (χ0) is 67.7. The largest absolute Gasteiger partial charge is 0.417 e. The lowest BCUT2D eigenvalue weighted by Gasteiger charge is -2.28. The van der Waals surface area contributed by atoms with Gasteiger partial charge in [0.2, 0.25) is 27.1 Å². The molecular formula is C77H112O7Si7. The van der Waals surface area contributed by atoms with Crippen molar-refractivity contribution >= 4 is 100 Å². The predicted octanol–water partition coefficient (Wildman–Crippen LogP) is 13.7. The third kappa shape index (κ3) is 41.2. The van der Waals surface area contributed by atoms with E-state index in [0.29, 0.717) is 6.61 Å². The van der Waals surface area contributed by atoms with Gasteiger partial charge in [0, 0.05) is 0 Å². The highest BCUT2D eigenvalue weighted by atomic mass is 28.3. The van der Waals surface area contributed by atoms with Crippen LogP contribution in [0, 0.1) is 0 Å². The number of hydrogen-bond acceptors (Lipinski definition) is 7. The normalized spacial score (nSPS) is 11.6. The van der Waals surface area contributed by atoms with E-state index >= 15 is 0 Å². The quantitative estimate of drug-likeness (QED) is 0.0358. The lowest BCUT2D eigenvalue weighted by atomic mass is 10.1. The van der Waals surface area contributed by atoms with Crippen molar-refractivity contribution in [3.63, 3.8) is 0 Å². The van der Waals surface area contributed by atoms with Gasteiger partial charge in [-0.15, -0.1) is 39.5 Å². The highest BCUT2D eigenvalue weighted by molar-refractivity contribution is 6.81. The van der Waals surface area contributed by atoms with Crippen LogP contribution in [0.4, 0.5) is 0 Å². The van der Waals surface area contributed by atoms with Crippen LogP contribution in [0.5, 0.6) is 0 Å². The molecule has 0 bridgehead atoms. The van der Waals surface area contributed by atoms with Crippen LogP contribution in [-0.4, -0.2) is 107 Å². The molecule has 0 saturated heterocycles. The van der Waals surface area contributed by atoms with Crippen LogP contribution < -0.4 is 31.1 Å². The molecule has 0 aromatic heterocycles. The molecule has 0 saturated carbocycles. The third-order valence-corrected chi connectivity index (χ3v) is 24.4. The first-order valence-corrected chi connectivity index (χ1v) is 47.8. The van der Waals surface area contributed by atoms with Crippen molar-refractivity contribution in [1.82, 2.24) is 0 Å². The van der Waals surface area contributed by atoms with Crippen LogP contribution in [-0.2, 0) is 31.0 Å². The van der Waals surface area contributed by atoms with E-state index in [-0.39, 0.29) is 23.4 Å². The maximum atomic E-state index is 6.38. The summed E-state index contributed by atoms with van der Waals surface area (Å²) in [6, 6.07) is 73.1. The second-order valence-electron chi connectivity index (χ2n) is 23.2. The Labute approximate surface area is 564 Å². The Kier molecular flexibility index (Phi) is 46.1. The van der Waals surface area contributed by atoms with Crippen LogP contribution >= 0.6 is 0 Å².